The number of urea groups is 1. The van der Waals surface area contributed by atoms with Crippen LogP contribution in [0.4, 0.5) is 4.79 Å². The standard InChI is InChI=1S/C16H22N4O3/c1-17-16(23)19-15(22)14(11-6-4-3-5-7-11)20(2)10-13(21)18-12-8-9-12/h3-7,12,14H,8-10H2,1-2H3,(H,18,21)(H2,17,19,22,23)/p+1/t14-/m1/s1. The smallest absolute Gasteiger partial charge is 0.321 e. The maximum Gasteiger partial charge on any atom is 0.321 e. The van der Waals surface area contributed by atoms with Crippen LogP contribution in [-0.2, 0) is 9.59 Å². The Kier molecular flexibility index (Phi) is 5.70. The number of rotatable bonds is 6. The summed E-state index contributed by atoms with van der Waals surface area (Å²) in [6.45, 7) is 0.164. The summed E-state index contributed by atoms with van der Waals surface area (Å²) in [6.07, 6.45) is 2.04. The molecule has 0 bridgehead atoms. The lowest BCUT2D eigenvalue weighted by molar-refractivity contribution is -0.894. The molecule has 0 saturated heterocycles. The number of carbonyl (C=O) groups is 3. The van der Waals surface area contributed by atoms with Crippen LogP contribution in [0, 0.1) is 0 Å². The minimum Gasteiger partial charge on any atom is -0.348 e. The number of imide groups is 1. The van der Waals surface area contributed by atoms with Gasteiger partial charge in [0.05, 0.1) is 7.05 Å². The van der Waals surface area contributed by atoms with Gasteiger partial charge in [-0.1, -0.05) is 30.3 Å². The maximum absolute atomic E-state index is 12.4. The van der Waals surface area contributed by atoms with Gasteiger partial charge in [0.1, 0.15) is 0 Å². The third kappa shape index (κ3) is 5.07. The molecule has 0 radical (unpaired) electrons. The molecule has 2 rings (SSSR count). The van der Waals surface area contributed by atoms with E-state index in [1.165, 1.54) is 7.05 Å². The van der Waals surface area contributed by atoms with Crippen molar-refractivity contribution < 1.29 is 19.3 Å². The summed E-state index contributed by atoms with van der Waals surface area (Å²) in [7, 11) is 3.22. The van der Waals surface area contributed by atoms with Crippen molar-refractivity contribution in [1.82, 2.24) is 16.0 Å². The van der Waals surface area contributed by atoms with Crippen LogP contribution in [0.5, 0.6) is 0 Å². The second-order valence-corrected chi connectivity index (χ2v) is 5.78. The van der Waals surface area contributed by atoms with E-state index in [0.717, 1.165) is 18.4 Å². The fourth-order valence-electron chi connectivity index (χ4n) is 2.41. The third-order valence-electron chi connectivity index (χ3n) is 3.73. The van der Waals surface area contributed by atoms with Crippen molar-refractivity contribution in [2.24, 2.45) is 0 Å². The van der Waals surface area contributed by atoms with Crippen molar-refractivity contribution in [3.8, 4) is 0 Å². The van der Waals surface area contributed by atoms with E-state index in [9.17, 15) is 14.4 Å². The van der Waals surface area contributed by atoms with Crippen molar-refractivity contribution in [1.29, 1.82) is 0 Å². The topological polar surface area (TPSA) is 91.7 Å². The van der Waals surface area contributed by atoms with Crippen LogP contribution in [-0.4, -0.2) is 44.5 Å². The molecule has 0 aromatic heterocycles. The molecule has 23 heavy (non-hydrogen) atoms. The van der Waals surface area contributed by atoms with Crippen LogP contribution in [0.2, 0.25) is 0 Å². The molecule has 0 aliphatic heterocycles. The van der Waals surface area contributed by atoms with Gasteiger partial charge in [-0.3, -0.25) is 14.9 Å². The SMILES string of the molecule is CNC(=O)NC(=O)[C@@H](c1ccccc1)[NH+](C)CC(=O)NC1CC1. The minimum absolute atomic E-state index is 0.0846. The first-order valence-corrected chi connectivity index (χ1v) is 7.70. The monoisotopic (exact) mass is 319 g/mol. The first kappa shape index (κ1) is 17.0. The Morgan fingerprint density at radius 3 is 2.43 bits per heavy atom. The number of benzene rings is 1. The molecule has 0 heterocycles. The zero-order chi connectivity index (χ0) is 16.8. The molecule has 4 amide bonds. The largest absolute Gasteiger partial charge is 0.348 e. The summed E-state index contributed by atoms with van der Waals surface area (Å²) in [5, 5.41) is 7.56. The van der Waals surface area contributed by atoms with Crippen molar-refractivity contribution in [2.45, 2.75) is 24.9 Å². The zero-order valence-electron chi connectivity index (χ0n) is 13.4. The number of nitrogens with one attached hydrogen (secondary N) is 4. The van der Waals surface area contributed by atoms with E-state index in [4.69, 9.17) is 0 Å². The Labute approximate surface area is 135 Å². The van der Waals surface area contributed by atoms with Crippen molar-refractivity contribution in [3.05, 3.63) is 35.9 Å². The summed E-state index contributed by atoms with van der Waals surface area (Å²) in [4.78, 5) is 36.6. The lowest BCUT2D eigenvalue weighted by atomic mass is 10.0. The molecule has 1 saturated carbocycles. The summed E-state index contributed by atoms with van der Waals surface area (Å²) < 4.78 is 0. The van der Waals surface area contributed by atoms with Crippen molar-refractivity contribution in [2.75, 3.05) is 20.6 Å². The van der Waals surface area contributed by atoms with Gasteiger partial charge < -0.3 is 15.5 Å². The number of carbonyl (C=O) groups excluding carboxylic acids is 3. The van der Waals surface area contributed by atoms with E-state index in [2.05, 4.69) is 16.0 Å². The molecule has 1 fully saturated rings. The molecule has 1 unspecified atom stereocenters. The fraction of sp³-hybridized carbons (Fsp3) is 0.438. The third-order valence-corrected chi connectivity index (χ3v) is 3.73. The van der Waals surface area contributed by atoms with Gasteiger partial charge in [-0.2, -0.15) is 0 Å². The summed E-state index contributed by atoms with van der Waals surface area (Å²) >= 11 is 0. The highest BCUT2D eigenvalue weighted by molar-refractivity contribution is 5.96. The van der Waals surface area contributed by atoms with Gasteiger partial charge in [0, 0.05) is 18.7 Å². The van der Waals surface area contributed by atoms with Crippen molar-refractivity contribution >= 4 is 17.8 Å². The van der Waals surface area contributed by atoms with E-state index in [1.807, 2.05) is 30.3 Å². The van der Waals surface area contributed by atoms with Gasteiger partial charge >= 0.3 is 6.03 Å². The van der Waals surface area contributed by atoms with Crippen LogP contribution < -0.4 is 20.9 Å². The van der Waals surface area contributed by atoms with Gasteiger partial charge in [0.2, 0.25) is 0 Å². The molecule has 4 N–H and O–H groups in total. The predicted octanol–water partition coefficient (Wildman–Crippen LogP) is -1.02. The molecule has 7 nitrogen and oxygen atoms in total. The molecule has 1 aliphatic carbocycles. The number of hydrogen-bond donors (Lipinski definition) is 4. The number of quaternary nitrogens is 1. The zero-order valence-corrected chi connectivity index (χ0v) is 13.4. The molecule has 1 aliphatic rings. The quantitative estimate of drug-likeness (QED) is 0.541. The summed E-state index contributed by atoms with van der Waals surface area (Å²) in [5.74, 6) is -0.522. The number of hydrogen-bond acceptors (Lipinski definition) is 3. The van der Waals surface area contributed by atoms with Crippen LogP contribution in [0.3, 0.4) is 0 Å². The first-order chi connectivity index (χ1) is 11.0. The Morgan fingerprint density at radius 2 is 1.87 bits per heavy atom. The Bertz CT molecular complexity index is 572. The van der Waals surface area contributed by atoms with Crippen molar-refractivity contribution in [3.63, 3.8) is 0 Å². The second kappa shape index (κ2) is 7.73. The molecular weight excluding hydrogens is 296 g/mol. The fourth-order valence-corrected chi connectivity index (χ4v) is 2.41. The van der Waals surface area contributed by atoms with Gasteiger partial charge in [-0.25, -0.2) is 4.79 Å². The van der Waals surface area contributed by atoms with E-state index in [0.29, 0.717) is 4.90 Å². The van der Waals surface area contributed by atoms with Crippen LogP contribution in [0.25, 0.3) is 0 Å². The second-order valence-electron chi connectivity index (χ2n) is 5.78. The average molecular weight is 319 g/mol. The van der Waals surface area contributed by atoms with E-state index in [1.54, 1.807) is 7.05 Å². The Hall–Kier alpha value is -2.41. The number of likely N-dealkylation sites (N-methyl/N-ethyl adjacent to an activating group) is 1. The maximum atomic E-state index is 12.4. The molecule has 0 spiro atoms. The van der Waals surface area contributed by atoms with E-state index >= 15 is 0 Å². The number of amides is 4. The lowest BCUT2D eigenvalue weighted by Crippen LogP contribution is -3.11. The van der Waals surface area contributed by atoms with Crippen LogP contribution >= 0.6 is 0 Å². The molecule has 2 atom stereocenters. The lowest BCUT2D eigenvalue weighted by Gasteiger charge is -2.23. The molecule has 124 valence electrons. The Balaban J connectivity index is 2.09. The van der Waals surface area contributed by atoms with Gasteiger partial charge in [-0.05, 0) is 12.8 Å². The minimum atomic E-state index is -0.640. The summed E-state index contributed by atoms with van der Waals surface area (Å²) in [6, 6.07) is 8.22. The normalized spacial score (nSPS) is 16.1. The van der Waals surface area contributed by atoms with Crippen LogP contribution in [0.1, 0.15) is 24.4 Å². The van der Waals surface area contributed by atoms with E-state index in [-0.39, 0.29) is 18.5 Å². The van der Waals surface area contributed by atoms with Crippen LogP contribution in [0.15, 0.2) is 30.3 Å². The first-order valence-electron chi connectivity index (χ1n) is 7.70. The van der Waals surface area contributed by atoms with Gasteiger partial charge in [-0.15, -0.1) is 0 Å². The molecule has 1 aromatic rings. The van der Waals surface area contributed by atoms with Gasteiger partial charge in [0.15, 0.2) is 12.6 Å². The highest BCUT2D eigenvalue weighted by Crippen LogP contribution is 2.18. The molecular formula is C16H23N4O3+. The molecule has 1 aromatic carbocycles. The highest BCUT2D eigenvalue weighted by Gasteiger charge is 2.32. The summed E-state index contributed by atoms with van der Waals surface area (Å²) in [5.41, 5.74) is 0.755. The molecule has 7 heteroatoms. The van der Waals surface area contributed by atoms with Gasteiger partial charge in [0.25, 0.3) is 11.8 Å². The highest BCUT2D eigenvalue weighted by atomic mass is 16.2. The Morgan fingerprint density at radius 1 is 1.22 bits per heavy atom. The van der Waals surface area contributed by atoms with E-state index < -0.39 is 18.0 Å². The average Bonchev–Trinajstić information content (AvgIpc) is 3.32. The predicted molar refractivity (Wildman–Crippen MR) is 84.7 cm³/mol.